The molecule has 0 N–H and O–H groups in total. The summed E-state index contributed by atoms with van der Waals surface area (Å²) in [7, 11) is 3.13. The number of hydrogen-bond acceptors (Lipinski definition) is 9. The van der Waals surface area contributed by atoms with Gasteiger partial charge in [0, 0.05) is 17.7 Å². The minimum Gasteiger partial charge on any atom is -0.496 e. The Balaban J connectivity index is 1.57. The lowest BCUT2D eigenvalue weighted by Crippen LogP contribution is -2.20. The van der Waals surface area contributed by atoms with Crippen LogP contribution in [0.15, 0.2) is 82.8 Å². The molecule has 0 atom stereocenters. The molecule has 0 aliphatic rings. The molecule has 11 heteroatoms. The number of benzene rings is 3. The van der Waals surface area contributed by atoms with Gasteiger partial charge in [0.2, 0.25) is 5.88 Å². The first-order chi connectivity index (χ1) is 20.7. The third kappa shape index (κ3) is 5.91. The highest BCUT2D eigenvalue weighted by Gasteiger charge is 2.18. The number of aryl methyl sites for hydroxylation is 1. The molecule has 43 heavy (non-hydrogen) atoms. The van der Waals surface area contributed by atoms with Crippen LogP contribution in [0.5, 0.6) is 23.1 Å². The highest BCUT2D eigenvalue weighted by molar-refractivity contribution is 5.83. The number of ether oxygens (including phenoxy) is 3. The fraction of sp³-hybridized carbons (Fsp3) is 0.188. The van der Waals surface area contributed by atoms with Gasteiger partial charge in [0.05, 0.1) is 36.3 Å². The van der Waals surface area contributed by atoms with Crippen LogP contribution in [-0.2, 0) is 0 Å². The molecule has 2 aromatic heterocycles. The van der Waals surface area contributed by atoms with Crippen molar-refractivity contribution in [1.29, 1.82) is 0 Å². The summed E-state index contributed by atoms with van der Waals surface area (Å²) in [6, 6.07) is 18.9. The Morgan fingerprint density at radius 2 is 1.74 bits per heavy atom. The number of para-hydroxylation sites is 1. The standard InChI is InChI=1S/C32H29N5O6/c1-19(2)24-16-25(20(3)14-28(24)41-4)31-35-26-9-7-6-8-23(26)32(38)36(31)34-17-21-10-12-27(29(15-21)42-5)43-30-13-11-22(18-33-30)37(39)40/h6-19H,1-5H3. The van der Waals surface area contributed by atoms with Gasteiger partial charge in [-0.05, 0) is 72.0 Å². The van der Waals surface area contributed by atoms with E-state index in [-0.39, 0.29) is 23.0 Å². The van der Waals surface area contributed by atoms with E-state index in [1.54, 1.807) is 49.7 Å². The molecule has 0 saturated carbocycles. The van der Waals surface area contributed by atoms with Crippen molar-refractivity contribution in [3.8, 4) is 34.5 Å². The van der Waals surface area contributed by atoms with Crippen LogP contribution < -0.4 is 19.8 Å². The van der Waals surface area contributed by atoms with Gasteiger partial charge in [-0.15, -0.1) is 0 Å². The molecular formula is C32H29N5O6. The van der Waals surface area contributed by atoms with Gasteiger partial charge < -0.3 is 14.2 Å². The fourth-order valence-corrected chi connectivity index (χ4v) is 4.60. The summed E-state index contributed by atoms with van der Waals surface area (Å²) in [6.07, 6.45) is 2.66. The summed E-state index contributed by atoms with van der Waals surface area (Å²) < 4.78 is 18.2. The Labute approximate surface area is 247 Å². The third-order valence-electron chi connectivity index (χ3n) is 6.85. The van der Waals surface area contributed by atoms with Crippen LogP contribution in [0.25, 0.3) is 22.3 Å². The Bertz CT molecular complexity index is 1920. The normalized spacial score (nSPS) is 11.3. The van der Waals surface area contributed by atoms with E-state index >= 15 is 0 Å². The second-order valence-electron chi connectivity index (χ2n) is 10.0. The molecule has 11 nitrogen and oxygen atoms in total. The quantitative estimate of drug-likeness (QED) is 0.110. The van der Waals surface area contributed by atoms with E-state index in [0.717, 1.165) is 28.6 Å². The van der Waals surface area contributed by atoms with Gasteiger partial charge in [0.1, 0.15) is 11.9 Å². The minimum absolute atomic E-state index is 0.145. The summed E-state index contributed by atoms with van der Waals surface area (Å²) in [4.78, 5) is 32.9. The highest BCUT2D eigenvalue weighted by Crippen LogP contribution is 2.34. The number of aromatic nitrogens is 3. The van der Waals surface area contributed by atoms with Gasteiger partial charge in [0.25, 0.3) is 11.2 Å². The van der Waals surface area contributed by atoms with Crippen molar-refractivity contribution in [2.45, 2.75) is 26.7 Å². The molecule has 0 spiro atoms. The molecule has 218 valence electrons. The second kappa shape index (κ2) is 12.1. The first-order valence-electron chi connectivity index (χ1n) is 13.4. The maximum absolute atomic E-state index is 13.7. The molecule has 3 aromatic carbocycles. The lowest BCUT2D eigenvalue weighted by molar-refractivity contribution is -0.385. The Kier molecular flexibility index (Phi) is 8.15. The molecule has 0 fully saturated rings. The number of methoxy groups -OCH3 is 2. The molecular weight excluding hydrogens is 550 g/mol. The maximum Gasteiger partial charge on any atom is 0.287 e. The highest BCUT2D eigenvalue weighted by atomic mass is 16.6. The van der Waals surface area contributed by atoms with Crippen molar-refractivity contribution in [2.24, 2.45) is 5.10 Å². The summed E-state index contributed by atoms with van der Waals surface area (Å²) in [5, 5.41) is 15.9. The van der Waals surface area contributed by atoms with E-state index < -0.39 is 4.92 Å². The number of nitrogens with zero attached hydrogens (tertiary/aromatic N) is 5. The van der Waals surface area contributed by atoms with Crippen molar-refractivity contribution in [3.05, 3.63) is 110 Å². The zero-order valence-electron chi connectivity index (χ0n) is 24.3. The minimum atomic E-state index is -0.535. The van der Waals surface area contributed by atoms with Crippen LogP contribution in [0.4, 0.5) is 5.69 Å². The smallest absolute Gasteiger partial charge is 0.287 e. The average Bonchev–Trinajstić information content (AvgIpc) is 3.01. The maximum atomic E-state index is 13.7. The topological polar surface area (TPSA) is 131 Å². The first kappa shape index (κ1) is 28.9. The third-order valence-corrected chi connectivity index (χ3v) is 6.85. The van der Waals surface area contributed by atoms with Crippen LogP contribution >= 0.6 is 0 Å². The van der Waals surface area contributed by atoms with Crippen molar-refractivity contribution in [1.82, 2.24) is 14.6 Å². The first-order valence-corrected chi connectivity index (χ1v) is 13.4. The van der Waals surface area contributed by atoms with Gasteiger partial charge in [-0.2, -0.15) is 9.78 Å². The fourth-order valence-electron chi connectivity index (χ4n) is 4.60. The average molecular weight is 580 g/mol. The Morgan fingerprint density at radius 1 is 0.977 bits per heavy atom. The van der Waals surface area contributed by atoms with Crippen molar-refractivity contribution >= 4 is 22.8 Å². The van der Waals surface area contributed by atoms with Crippen molar-refractivity contribution < 1.29 is 19.1 Å². The molecule has 0 aliphatic heterocycles. The lowest BCUT2D eigenvalue weighted by atomic mass is 9.96. The summed E-state index contributed by atoms with van der Waals surface area (Å²) in [5.41, 5.74) is 3.38. The summed E-state index contributed by atoms with van der Waals surface area (Å²) >= 11 is 0. The monoisotopic (exact) mass is 579 g/mol. The predicted octanol–water partition coefficient (Wildman–Crippen LogP) is 6.49. The molecule has 0 radical (unpaired) electrons. The largest absolute Gasteiger partial charge is 0.496 e. The Hall–Kier alpha value is -5.58. The number of pyridine rings is 1. The molecule has 2 heterocycles. The molecule has 0 unspecified atom stereocenters. The van der Waals surface area contributed by atoms with Gasteiger partial charge in [-0.1, -0.05) is 26.0 Å². The van der Waals surface area contributed by atoms with E-state index in [2.05, 4.69) is 23.9 Å². The van der Waals surface area contributed by atoms with Crippen LogP contribution in [-0.4, -0.2) is 40.0 Å². The SMILES string of the molecule is COc1cc(C=Nn2c(-c3cc(C(C)C)c(OC)cc3C)nc3ccccc3c2=O)ccc1Oc1ccc([N+](=O)[O-])cn1. The summed E-state index contributed by atoms with van der Waals surface area (Å²) in [5.74, 6) is 2.24. The number of nitro groups is 1. The zero-order valence-corrected chi connectivity index (χ0v) is 24.3. The van der Waals surface area contributed by atoms with E-state index in [9.17, 15) is 14.9 Å². The van der Waals surface area contributed by atoms with Crippen LogP contribution in [0.3, 0.4) is 0 Å². The second-order valence-corrected chi connectivity index (χ2v) is 10.0. The molecule has 0 bridgehead atoms. The van der Waals surface area contributed by atoms with E-state index in [1.165, 1.54) is 23.9 Å². The van der Waals surface area contributed by atoms with E-state index in [0.29, 0.717) is 33.8 Å². The summed E-state index contributed by atoms with van der Waals surface area (Å²) in [6.45, 7) is 6.10. The van der Waals surface area contributed by atoms with Gasteiger partial charge in [-0.3, -0.25) is 14.9 Å². The lowest BCUT2D eigenvalue weighted by Gasteiger charge is -2.17. The van der Waals surface area contributed by atoms with Gasteiger partial charge >= 0.3 is 0 Å². The molecule has 5 aromatic rings. The number of fused-ring (bicyclic) bond motifs is 1. The van der Waals surface area contributed by atoms with Crippen LogP contribution in [0.1, 0.15) is 36.5 Å². The predicted molar refractivity (Wildman–Crippen MR) is 164 cm³/mol. The Morgan fingerprint density at radius 3 is 2.42 bits per heavy atom. The van der Waals surface area contributed by atoms with E-state index in [1.807, 2.05) is 25.1 Å². The molecule has 0 amide bonds. The number of hydrogen-bond donors (Lipinski definition) is 0. The van der Waals surface area contributed by atoms with E-state index in [4.69, 9.17) is 19.2 Å². The number of rotatable bonds is 9. The zero-order chi connectivity index (χ0) is 30.7. The molecule has 5 rings (SSSR count). The molecule has 0 aliphatic carbocycles. The van der Waals surface area contributed by atoms with Crippen molar-refractivity contribution in [2.75, 3.05) is 14.2 Å². The molecule has 0 saturated heterocycles. The van der Waals surface area contributed by atoms with Crippen LogP contribution in [0, 0.1) is 17.0 Å². The van der Waals surface area contributed by atoms with Gasteiger partial charge in [-0.25, -0.2) is 9.97 Å². The van der Waals surface area contributed by atoms with Gasteiger partial charge in [0.15, 0.2) is 17.3 Å². The van der Waals surface area contributed by atoms with Crippen LogP contribution in [0.2, 0.25) is 0 Å². The van der Waals surface area contributed by atoms with Crippen molar-refractivity contribution in [3.63, 3.8) is 0 Å².